The summed E-state index contributed by atoms with van der Waals surface area (Å²) < 4.78 is 53.6. The van der Waals surface area contributed by atoms with Gasteiger partial charge in [0.05, 0.1) is 12.1 Å². The minimum absolute atomic E-state index is 0.341. The lowest BCUT2D eigenvalue weighted by atomic mass is 9.99. The van der Waals surface area contributed by atoms with E-state index in [2.05, 4.69) is 4.74 Å². The molecule has 3 nitrogen and oxygen atoms in total. The van der Waals surface area contributed by atoms with Crippen LogP contribution in [0.1, 0.15) is 31.4 Å². The summed E-state index contributed by atoms with van der Waals surface area (Å²) >= 11 is 0. The number of ether oxygens (including phenoxy) is 1. The number of benzene rings is 1. The van der Waals surface area contributed by atoms with Crippen molar-refractivity contribution in [3.05, 3.63) is 29.8 Å². The highest BCUT2D eigenvalue weighted by Gasteiger charge is 2.44. The molecule has 0 heterocycles. The van der Waals surface area contributed by atoms with Gasteiger partial charge < -0.3 is 15.6 Å². The summed E-state index contributed by atoms with van der Waals surface area (Å²) in [6, 6.07) is 4.32. The standard InChI is InChI=1S/C13H17F4NO2/c1-2-4-10(19)11(18)8-5-3-6-9(7-8)20-13(16,17)12(14)15/h3,5-7,10-12,19H,2,4,18H2,1H3/t10-,11+/m0/s1. The van der Waals surface area contributed by atoms with Crippen LogP contribution in [0.5, 0.6) is 5.75 Å². The lowest BCUT2D eigenvalue weighted by Crippen LogP contribution is -2.33. The van der Waals surface area contributed by atoms with Crippen LogP contribution in [0.2, 0.25) is 0 Å². The Bertz CT molecular complexity index is 429. The normalized spacial score (nSPS) is 15.2. The molecule has 0 aliphatic rings. The van der Waals surface area contributed by atoms with Crippen molar-refractivity contribution in [2.24, 2.45) is 5.73 Å². The number of rotatable bonds is 7. The molecule has 0 spiro atoms. The summed E-state index contributed by atoms with van der Waals surface area (Å²) in [5.74, 6) is -0.424. The van der Waals surface area contributed by atoms with Crippen LogP contribution in [0.3, 0.4) is 0 Å². The smallest absolute Gasteiger partial charge is 0.428 e. The summed E-state index contributed by atoms with van der Waals surface area (Å²) in [5, 5.41) is 9.75. The van der Waals surface area contributed by atoms with Crippen molar-refractivity contribution < 1.29 is 27.4 Å². The molecule has 0 aliphatic heterocycles. The Hall–Kier alpha value is -1.34. The second kappa shape index (κ2) is 6.90. The van der Waals surface area contributed by atoms with Crippen molar-refractivity contribution in [1.29, 1.82) is 0 Å². The maximum Gasteiger partial charge on any atom is 0.461 e. The van der Waals surface area contributed by atoms with Crippen LogP contribution < -0.4 is 10.5 Å². The van der Waals surface area contributed by atoms with Crippen molar-refractivity contribution >= 4 is 0 Å². The molecule has 0 aromatic heterocycles. The van der Waals surface area contributed by atoms with Crippen LogP contribution >= 0.6 is 0 Å². The van der Waals surface area contributed by atoms with Crippen LogP contribution in [-0.2, 0) is 0 Å². The predicted molar refractivity (Wildman–Crippen MR) is 65.9 cm³/mol. The van der Waals surface area contributed by atoms with Crippen LogP contribution in [0.4, 0.5) is 17.6 Å². The van der Waals surface area contributed by atoms with E-state index in [1.54, 1.807) is 0 Å². The van der Waals surface area contributed by atoms with Crippen LogP contribution in [0, 0.1) is 0 Å². The van der Waals surface area contributed by atoms with Gasteiger partial charge in [0.1, 0.15) is 5.75 Å². The number of halogens is 4. The van der Waals surface area contributed by atoms with Gasteiger partial charge in [-0.25, -0.2) is 0 Å². The molecule has 0 fully saturated rings. The van der Waals surface area contributed by atoms with Gasteiger partial charge >= 0.3 is 12.5 Å². The monoisotopic (exact) mass is 295 g/mol. The van der Waals surface area contributed by atoms with Crippen molar-refractivity contribution in [1.82, 2.24) is 0 Å². The predicted octanol–water partition coefficient (Wildman–Crippen LogP) is 3.08. The van der Waals surface area contributed by atoms with Crippen molar-refractivity contribution in [3.8, 4) is 5.75 Å². The molecule has 0 aliphatic carbocycles. The van der Waals surface area contributed by atoms with Gasteiger partial charge in [-0.3, -0.25) is 0 Å². The second-order valence-corrected chi connectivity index (χ2v) is 4.42. The third-order valence-electron chi connectivity index (χ3n) is 2.75. The minimum Gasteiger partial charge on any atom is -0.428 e. The average molecular weight is 295 g/mol. The van der Waals surface area contributed by atoms with Crippen molar-refractivity contribution in [3.63, 3.8) is 0 Å². The molecule has 0 radical (unpaired) electrons. The molecule has 0 bridgehead atoms. The van der Waals surface area contributed by atoms with Gasteiger partial charge in [-0.1, -0.05) is 25.5 Å². The van der Waals surface area contributed by atoms with E-state index in [4.69, 9.17) is 5.73 Å². The fourth-order valence-corrected chi connectivity index (χ4v) is 1.68. The first-order valence-electron chi connectivity index (χ1n) is 6.16. The zero-order chi connectivity index (χ0) is 15.3. The molecule has 0 saturated carbocycles. The lowest BCUT2D eigenvalue weighted by Gasteiger charge is -2.21. The van der Waals surface area contributed by atoms with E-state index in [-0.39, 0.29) is 0 Å². The topological polar surface area (TPSA) is 55.5 Å². The van der Waals surface area contributed by atoms with Crippen molar-refractivity contribution in [2.75, 3.05) is 0 Å². The first-order valence-corrected chi connectivity index (χ1v) is 6.16. The third kappa shape index (κ3) is 4.35. The zero-order valence-electron chi connectivity index (χ0n) is 10.9. The first kappa shape index (κ1) is 16.7. The van der Waals surface area contributed by atoms with E-state index >= 15 is 0 Å². The Balaban J connectivity index is 2.85. The Kier molecular flexibility index (Phi) is 5.76. The molecule has 1 rings (SSSR count). The van der Waals surface area contributed by atoms with E-state index in [1.165, 1.54) is 12.1 Å². The highest BCUT2D eigenvalue weighted by atomic mass is 19.3. The molecule has 114 valence electrons. The average Bonchev–Trinajstić information content (AvgIpc) is 2.37. The lowest BCUT2D eigenvalue weighted by molar-refractivity contribution is -0.253. The quantitative estimate of drug-likeness (QED) is 0.760. The van der Waals surface area contributed by atoms with Gasteiger partial charge in [0.2, 0.25) is 0 Å². The molecule has 0 unspecified atom stereocenters. The maximum absolute atomic E-state index is 12.8. The summed E-state index contributed by atoms with van der Waals surface area (Å²) in [7, 11) is 0. The van der Waals surface area contributed by atoms with E-state index in [9.17, 15) is 22.7 Å². The van der Waals surface area contributed by atoms with Gasteiger partial charge in [-0.2, -0.15) is 17.6 Å². The fraction of sp³-hybridized carbons (Fsp3) is 0.538. The number of hydrogen-bond acceptors (Lipinski definition) is 3. The third-order valence-corrected chi connectivity index (χ3v) is 2.75. The number of alkyl halides is 4. The summed E-state index contributed by atoms with van der Waals surface area (Å²) in [6.45, 7) is 1.86. The largest absolute Gasteiger partial charge is 0.461 e. The van der Waals surface area contributed by atoms with Crippen LogP contribution in [-0.4, -0.2) is 23.7 Å². The Morgan fingerprint density at radius 2 is 2.00 bits per heavy atom. The van der Waals surface area contributed by atoms with Gasteiger partial charge in [0, 0.05) is 0 Å². The number of aliphatic hydroxyl groups is 1. The SMILES string of the molecule is CCC[C@H](O)[C@H](N)c1cccc(OC(F)(F)C(F)F)c1. The van der Waals surface area contributed by atoms with Gasteiger partial charge in [0.15, 0.2) is 0 Å². The van der Waals surface area contributed by atoms with E-state index < -0.39 is 30.4 Å². The van der Waals surface area contributed by atoms with Crippen LogP contribution in [0.15, 0.2) is 24.3 Å². The minimum atomic E-state index is -4.56. The Morgan fingerprint density at radius 1 is 1.35 bits per heavy atom. The molecule has 7 heteroatoms. The summed E-state index contributed by atoms with van der Waals surface area (Å²) in [4.78, 5) is 0. The fourth-order valence-electron chi connectivity index (χ4n) is 1.68. The van der Waals surface area contributed by atoms with E-state index in [0.29, 0.717) is 18.4 Å². The molecule has 20 heavy (non-hydrogen) atoms. The van der Waals surface area contributed by atoms with Crippen molar-refractivity contribution in [2.45, 2.75) is 44.4 Å². The van der Waals surface area contributed by atoms with Crippen LogP contribution in [0.25, 0.3) is 0 Å². The van der Waals surface area contributed by atoms with Gasteiger partial charge in [-0.05, 0) is 24.1 Å². The highest BCUT2D eigenvalue weighted by Crippen LogP contribution is 2.29. The summed E-state index contributed by atoms with van der Waals surface area (Å²) in [5.41, 5.74) is 6.12. The van der Waals surface area contributed by atoms with Gasteiger partial charge in [0.25, 0.3) is 0 Å². The molecule has 3 N–H and O–H groups in total. The van der Waals surface area contributed by atoms with Gasteiger partial charge in [-0.15, -0.1) is 0 Å². The highest BCUT2D eigenvalue weighted by molar-refractivity contribution is 5.31. The zero-order valence-corrected chi connectivity index (χ0v) is 10.9. The molecule has 0 saturated heterocycles. The molecule has 0 amide bonds. The Labute approximate surface area is 114 Å². The number of nitrogens with two attached hydrogens (primary N) is 1. The molecular weight excluding hydrogens is 278 g/mol. The molecular formula is C13H17F4NO2. The van der Waals surface area contributed by atoms with E-state index in [1.807, 2.05) is 6.92 Å². The maximum atomic E-state index is 12.8. The van der Waals surface area contributed by atoms with E-state index in [0.717, 1.165) is 12.1 Å². The molecule has 2 atom stereocenters. The number of aliphatic hydroxyl groups excluding tert-OH is 1. The first-order chi connectivity index (χ1) is 9.27. The number of hydrogen-bond donors (Lipinski definition) is 2. The molecule has 1 aromatic carbocycles. The Morgan fingerprint density at radius 3 is 2.55 bits per heavy atom. The summed E-state index contributed by atoms with van der Waals surface area (Å²) in [6.07, 6.45) is -8.19. The molecule has 1 aromatic rings. The second-order valence-electron chi connectivity index (χ2n) is 4.42.